The molecule has 17 heavy (non-hydrogen) atoms. The maximum absolute atomic E-state index is 5.87. The number of nitrogens with two attached hydrogens (primary N) is 1. The summed E-state index contributed by atoms with van der Waals surface area (Å²) >= 11 is 0. The van der Waals surface area contributed by atoms with Crippen molar-refractivity contribution in [3.05, 3.63) is 29.3 Å². The Kier molecular flexibility index (Phi) is 5.49. The van der Waals surface area contributed by atoms with Gasteiger partial charge >= 0.3 is 0 Å². The van der Waals surface area contributed by atoms with Gasteiger partial charge in [-0.25, -0.2) is 0 Å². The Morgan fingerprint density at radius 3 is 2.47 bits per heavy atom. The standard InChI is InChI=1S/C15H25NO/c1-5-17-15-7-6-13(9-12(15)4)14(10-16)8-11(2)3/h6-7,9,11,14H,5,8,10,16H2,1-4H3. The fraction of sp³-hybridized carbons (Fsp3) is 0.600. The van der Waals surface area contributed by atoms with Gasteiger partial charge in [0.05, 0.1) is 6.61 Å². The van der Waals surface area contributed by atoms with Gasteiger partial charge in [0.25, 0.3) is 0 Å². The molecule has 0 amide bonds. The Morgan fingerprint density at radius 1 is 1.29 bits per heavy atom. The zero-order chi connectivity index (χ0) is 12.8. The second kappa shape index (κ2) is 6.65. The minimum absolute atomic E-state index is 0.462. The van der Waals surface area contributed by atoms with Gasteiger partial charge in [-0.05, 0) is 55.8 Å². The molecular weight excluding hydrogens is 210 g/mol. The van der Waals surface area contributed by atoms with Crippen molar-refractivity contribution in [3.63, 3.8) is 0 Å². The molecule has 0 aliphatic rings. The van der Waals surface area contributed by atoms with Crippen molar-refractivity contribution in [1.82, 2.24) is 0 Å². The molecule has 2 heteroatoms. The van der Waals surface area contributed by atoms with Crippen LogP contribution < -0.4 is 10.5 Å². The van der Waals surface area contributed by atoms with Crippen molar-refractivity contribution in [3.8, 4) is 5.75 Å². The van der Waals surface area contributed by atoms with Gasteiger partial charge in [0, 0.05) is 0 Å². The van der Waals surface area contributed by atoms with Crippen LogP contribution >= 0.6 is 0 Å². The van der Waals surface area contributed by atoms with Gasteiger partial charge in [-0.1, -0.05) is 26.0 Å². The topological polar surface area (TPSA) is 35.2 Å². The van der Waals surface area contributed by atoms with E-state index in [4.69, 9.17) is 10.5 Å². The lowest BCUT2D eigenvalue weighted by atomic mass is 9.89. The van der Waals surface area contributed by atoms with E-state index in [0.717, 1.165) is 12.2 Å². The minimum atomic E-state index is 0.462. The molecule has 1 aromatic rings. The SMILES string of the molecule is CCOc1ccc(C(CN)CC(C)C)cc1C. The highest BCUT2D eigenvalue weighted by Gasteiger charge is 2.13. The third kappa shape index (κ3) is 4.04. The van der Waals surface area contributed by atoms with Gasteiger partial charge < -0.3 is 10.5 Å². The molecule has 96 valence electrons. The summed E-state index contributed by atoms with van der Waals surface area (Å²) in [5, 5.41) is 0. The van der Waals surface area contributed by atoms with Gasteiger partial charge in [0.2, 0.25) is 0 Å². The number of hydrogen-bond acceptors (Lipinski definition) is 2. The van der Waals surface area contributed by atoms with Crippen molar-refractivity contribution in [1.29, 1.82) is 0 Å². The van der Waals surface area contributed by atoms with E-state index in [9.17, 15) is 0 Å². The largest absolute Gasteiger partial charge is 0.494 e. The zero-order valence-corrected chi connectivity index (χ0v) is 11.5. The van der Waals surface area contributed by atoms with Crippen LogP contribution in [0.5, 0.6) is 5.75 Å². The van der Waals surface area contributed by atoms with Crippen LogP contribution in [0.15, 0.2) is 18.2 Å². The summed E-state index contributed by atoms with van der Waals surface area (Å²) in [6.45, 7) is 10.0. The fourth-order valence-corrected chi connectivity index (χ4v) is 2.18. The van der Waals surface area contributed by atoms with Gasteiger partial charge in [-0.3, -0.25) is 0 Å². The van der Waals surface area contributed by atoms with E-state index in [1.807, 2.05) is 6.92 Å². The molecule has 1 unspecified atom stereocenters. The Bertz CT molecular complexity index is 347. The molecule has 0 fully saturated rings. The first-order chi connectivity index (χ1) is 8.08. The molecule has 1 aromatic carbocycles. The number of ether oxygens (including phenoxy) is 1. The van der Waals surface area contributed by atoms with E-state index in [2.05, 4.69) is 39.0 Å². The molecule has 1 rings (SSSR count). The van der Waals surface area contributed by atoms with Gasteiger partial charge in [0.15, 0.2) is 0 Å². The van der Waals surface area contributed by atoms with E-state index in [1.54, 1.807) is 0 Å². The molecule has 0 saturated carbocycles. The monoisotopic (exact) mass is 235 g/mol. The van der Waals surface area contributed by atoms with E-state index in [1.165, 1.54) is 11.1 Å². The third-order valence-electron chi connectivity index (χ3n) is 3.01. The first kappa shape index (κ1) is 14.0. The first-order valence-corrected chi connectivity index (χ1v) is 6.51. The maximum atomic E-state index is 5.87. The van der Waals surface area contributed by atoms with E-state index in [-0.39, 0.29) is 0 Å². The highest BCUT2D eigenvalue weighted by Crippen LogP contribution is 2.27. The predicted molar refractivity (Wildman–Crippen MR) is 73.6 cm³/mol. The van der Waals surface area contributed by atoms with Crippen molar-refractivity contribution >= 4 is 0 Å². The van der Waals surface area contributed by atoms with Crippen LogP contribution in [-0.2, 0) is 0 Å². The minimum Gasteiger partial charge on any atom is -0.494 e. The van der Waals surface area contributed by atoms with Crippen LogP contribution in [0.1, 0.15) is 44.2 Å². The van der Waals surface area contributed by atoms with Crippen LogP contribution in [0.2, 0.25) is 0 Å². The molecule has 0 aromatic heterocycles. The zero-order valence-electron chi connectivity index (χ0n) is 11.5. The van der Waals surface area contributed by atoms with Gasteiger partial charge in [0.1, 0.15) is 5.75 Å². The van der Waals surface area contributed by atoms with Crippen molar-refractivity contribution in [2.45, 2.75) is 40.0 Å². The number of hydrogen-bond donors (Lipinski definition) is 1. The lowest BCUT2D eigenvalue weighted by Gasteiger charge is -2.19. The molecular formula is C15H25NO. The Labute approximate surface area is 105 Å². The molecule has 0 aliphatic carbocycles. The third-order valence-corrected chi connectivity index (χ3v) is 3.01. The molecule has 1 atom stereocenters. The van der Waals surface area contributed by atoms with Crippen molar-refractivity contribution < 1.29 is 4.74 Å². The summed E-state index contributed by atoms with van der Waals surface area (Å²) < 4.78 is 5.55. The molecule has 0 saturated heterocycles. The van der Waals surface area contributed by atoms with Crippen molar-refractivity contribution in [2.75, 3.05) is 13.2 Å². The lowest BCUT2D eigenvalue weighted by Crippen LogP contribution is -2.14. The molecule has 2 nitrogen and oxygen atoms in total. The normalized spacial score (nSPS) is 12.8. The van der Waals surface area contributed by atoms with Crippen LogP contribution in [-0.4, -0.2) is 13.2 Å². The number of aryl methyl sites for hydroxylation is 1. The molecule has 0 bridgehead atoms. The quantitative estimate of drug-likeness (QED) is 0.819. The summed E-state index contributed by atoms with van der Waals surface area (Å²) in [5.74, 6) is 2.12. The van der Waals surface area contributed by atoms with Crippen LogP contribution in [0.4, 0.5) is 0 Å². The van der Waals surface area contributed by atoms with Crippen LogP contribution in [0.3, 0.4) is 0 Å². The van der Waals surface area contributed by atoms with Crippen molar-refractivity contribution in [2.24, 2.45) is 11.7 Å². The second-order valence-electron chi connectivity index (χ2n) is 5.02. The first-order valence-electron chi connectivity index (χ1n) is 6.51. The summed E-state index contributed by atoms with van der Waals surface area (Å²) in [4.78, 5) is 0. The number of benzene rings is 1. The Balaban J connectivity index is 2.86. The summed E-state index contributed by atoms with van der Waals surface area (Å²) in [6.07, 6.45) is 1.14. The Morgan fingerprint density at radius 2 is 2.00 bits per heavy atom. The highest BCUT2D eigenvalue weighted by molar-refractivity contribution is 5.37. The summed E-state index contributed by atoms with van der Waals surface area (Å²) in [7, 11) is 0. The molecule has 2 N–H and O–H groups in total. The van der Waals surface area contributed by atoms with Gasteiger partial charge in [-0.2, -0.15) is 0 Å². The lowest BCUT2D eigenvalue weighted by molar-refractivity contribution is 0.337. The van der Waals surface area contributed by atoms with Crippen LogP contribution in [0, 0.1) is 12.8 Å². The number of rotatable bonds is 6. The predicted octanol–water partition coefficient (Wildman–Crippen LogP) is 3.48. The van der Waals surface area contributed by atoms with E-state index >= 15 is 0 Å². The second-order valence-corrected chi connectivity index (χ2v) is 5.02. The van der Waals surface area contributed by atoms with Gasteiger partial charge in [-0.15, -0.1) is 0 Å². The average molecular weight is 235 g/mol. The molecule has 0 spiro atoms. The Hall–Kier alpha value is -1.02. The summed E-state index contributed by atoms with van der Waals surface area (Å²) in [5.41, 5.74) is 8.40. The smallest absolute Gasteiger partial charge is 0.122 e. The molecule has 0 heterocycles. The fourth-order valence-electron chi connectivity index (χ4n) is 2.18. The average Bonchev–Trinajstić information content (AvgIpc) is 2.28. The summed E-state index contributed by atoms with van der Waals surface area (Å²) in [6, 6.07) is 6.43. The molecule has 0 radical (unpaired) electrons. The van der Waals surface area contributed by atoms with Crippen LogP contribution in [0.25, 0.3) is 0 Å². The molecule has 0 aliphatic heterocycles. The van der Waals surface area contributed by atoms with E-state index in [0.29, 0.717) is 25.0 Å². The maximum Gasteiger partial charge on any atom is 0.122 e. The highest BCUT2D eigenvalue weighted by atomic mass is 16.5. The van der Waals surface area contributed by atoms with E-state index < -0.39 is 0 Å².